The molecule has 0 spiro atoms. The number of nitrogens with zero attached hydrogens (tertiary/aromatic N) is 7. The zero-order valence-corrected chi connectivity index (χ0v) is 27.8. The van der Waals surface area contributed by atoms with Crippen molar-refractivity contribution in [3.63, 3.8) is 0 Å². The highest BCUT2D eigenvalue weighted by atomic mass is 32.1. The number of aromatic nitrogens is 4. The number of halogens is 1. The van der Waals surface area contributed by atoms with Gasteiger partial charge < -0.3 is 25.4 Å². The molecule has 0 saturated heterocycles. The molecule has 48 heavy (non-hydrogen) atoms. The van der Waals surface area contributed by atoms with Gasteiger partial charge in [-0.3, -0.25) is 0 Å². The number of benzene rings is 2. The number of thiazole rings is 2. The van der Waals surface area contributed by atoms with Crippen LogP contribution < -0.4 is 25.2 Å². The first-order chi connectivity index (χ1) is 23.4. The number of carboxylic acid groups (broad SMARTS) is 1. The van der Waals surface area contributed by atoms with Crippen LogP contribution in [0.1, 0.15) is 39.3 Å². The number of ether oxygens (including phenoxy) is 1. The van der Waals surface area contributed by atoms with Crippen LogP contribution in [0.4, 0.5) is 26.3 Å². The molecular formula is C32H32FN10O3S2+. The summed E-state index contributed by atoms with van der Waals surface area (Å²) >= 11 is 2.74. The molecule has 0 aliphatic rings. The Morgan fingerprint density at radius 3 is 2.77 bits per heavy atom. The molecule has 13 nitrogen and oxygen atoms in total. The van der Waals surface area contributed by atoms with Gasteiger partial charge in [-0.15, -0.1) is 21.5 Å². The Morgan fingerprint density at radius 1 is 1.17 bits per heavy atom. The van der Waals surface area contributed by atoms with E-state index >= 15 is 0 Å². The lowest BCUT2D eigenvalue weighted by Crippen LogP contribution is -2.21. The molecular weight excluding hydrogens is 656 g/mol. The van der Waals surface area contributed by atoms with E-state index in [0.717, 1.165) is 15.8 Å². The van der Waals surface area contributed by atoms with E-state index in [2.05, 4.69) is 52.7 Å². The zero-order valence-electron chi connectivity index (χ0n) is 26.2. The van der Waals surface area contributed by atoms with E-state index < -0.39 is 11.8 Å². The van der Waals surface area contributed by atoms with E-state index in [9.17, 15) is 14.3 Å². The number of carbonyl (C=O) groups is 1. The van der Waals surface area contributed by atoms with E-state index in [-0.39, 0.29) is 18.1 Å². The molecule has 0 fully saturated rings. The maximum atomic E-state index is 14.5. The van der Waals surface area contributed by atoms with Crippen molar-refractivity contribution in [1.82, 2.24) is 30.4 Å². The van der Waals surface area contributed by atoms with E-state index in [1.54, 1.807) is 18.0 Å². The van der Waals surface area contributed by atoms with Gasteiger partial charge in [0, 0.05) is 17.0 Å². The van der Waals surface area contributed by atoms with Crippen molar-refractivity contribution in [2.24, 2.45) is 5.11 Å². The Kier molecular flexibility index (Phi) is 11.7. The van der Waals surface area contributed by atoms with Gasteiger partial charge >= 0.3 is 5.97 Å². The second-order valence-electron chi connectivity index (χ2n) is 10.3. The Bertz CT molecular complexity index is 1980. The quantitative estimate of drug-likeness (QED) is 0.0436. The predicted molar refractivity (Wildman–Crippen MR) is 184 cm³/mol. The van der Waals surface area contributed by atoms with Gasteiger partial charge in [-0.2, -0.15) is 0 Å². The number of hydrogen-bond donors (Lipinski definition) is 4. The highest BCUT2D eigenvalue weighted by Crippen LogP contribution is 2.34. The summed E-state index contributed by atoms with van der Waals surface area (Å²) < 4.78 is 21.2. The van der Waals surface area contributed by atoms with Crippen molar-refractivity contribution in [2.75, 3.05) is 43.5 Å². The molecule has 0 saturated carbocycles. The third-order valence-electron chi connectivity index (χ3n) is 6.83. The summed E-state index contributed by atoms with van der Waals surface area (Å²) in [7, 11) is 1.78. The number of anilines is 4. The second kappa shape index (κ2) is 16.5. The summed E-state index contributed by atoms with van der Waals surface area (Å²) in [5.41, 5.74) is 9.12. The van der Waals surface area contributed by atoms with Crippen molar-refractivity contribution in [1.29, 1.82) is 5.53 Å². The number of nitrogens with one attached hydrogen (secondary N) is 3. The molecule has 0 bridgehead atoms. The third-order valence-corrected chi connectivity index (χ3v) is 8.92. The average molecular weight is 688 g/mol. The van der Waals surface area contributed by atoms with Crippen molar-refractivity contribution in [3.8, 4) is 17.6 Å². The van der Waals surface area contributed by atoms with Crippen LogP contribution in [0.3, 0.4) is 0 Å². The molecule has 3 aromatic heterocycles. The first kappa shape index (κ1) is 34.0. The van der Waals surface area contributed by atoms with Gasteiger partial charge in [0.25, 0.3) is 0 Å². The summed E-state index contributed by atoms with van der Waals surface area (Å²) in [5, 5.41) is 29.8. The van der Waals surface area contributed by atoms with Crippen LogP contribution in [0, 0.1) is 30.1 Å². The molecule has 0 aliphatic heterocycles. The monoisotopic (exact) mass is 687 g/mol. The van der Waals surface area contributed by atoms with Gasteiger partial charge in [0.15, 0.2) is 39.2 Å². The Morgan fingerprint density at radius 2 is 2.02 bits per heavy atom. The average Bonchev–Trinajstić information content (AvgIpc) is 3.69. The largest absolute Gasteiger partial charge is 0.491 e. The van der Waals surface area contributed by atoms with Crippen molar-refractivity contribution >= 4 is 60.8 Å². The molecule has 0 unspecified atom stereocenters. The Hall–Kier alpha value is -5.33. The molecule has 5 rings (SSSR count). The summed E-state index contributed by atoms with van der Waals surface area (Å²) in [5.74, 6) is 5.20. The fraction of sp³-hybridized carbons (Fsp3) is 0.281. The second-order valence-corrected chi connectivity index (χ2v) is 12.4. The lowest BCUT2D eigenvalue weighted by Gasteiger charge is -2.20. The van der Waals surface area contributed by atoms with E-state index in [4.69, 9.17) is 10.3 Å². The SMILES string of the molecule is CNCC#Cc1ccc(OCCCc2sc(N(CCCN=[N+]=N)c3cc(C)c(Nc4nc5ccccc5s4)nn3)nc2C(=O)O)c(F)c1. The van der Waals surface area contributed by atoms with Crippen LogP contribution >= 0.6 is 22.7 Å². The molecule has 246 valence electrons. The number of aryl methyl sites for hydroxylation is 2. The maximum Gasteiger partial charge on any atom is 0.355 e. The molecule has 0 aliphatic carbocycles. The minimum atomic E-state index is -1.16. The summed E-state index contributed by atoms with van der Waals surface area (Å²) in [6.45, 7) is 3.23. The molecule has 0 atom stereocenters. The maximum absolute atomic E-state index is 14.5. The molecule has 0 radical (unpaired) electrons. The van der Waals surface area contributed by atoms with Crippen LogP contribution in [-0.4, -0.2) is 64.5 Å². The highest BCUT2D eigenvalue weighted by Gasteiger charge is 2.23. The van der Waals surface area contributed by atoms with Gasteiger partial charge in [0.1, 0.15) is 17.2 Å². The summed E-state index contributed by atoms with van der Waals surface area (Å²) in [4.78, 5) is 26.7. The van der Waals surface area contributed by atoms with Crippen LogP contribution in [0.5, 0.6) is 5.75 Å². The molecule has 3 heterocycles. The first-order valence-corrected chi connectivity index (χ1v) is 16.6. The number of fused-ring (bicyclic) bond motifs is 1. The van der Waals surface area contributed by atoms with Gasteiger partial charge in [-0.05, 0) is 75.2 Å². The molecule has 16 heteroatoms. The number of carboxylic acids is 1. The van der Waals surface area contributed by atoms with Gasteiger partial charge in [0.05, 0.1) is 23.4 Å². The lowest BCUT2D eigenvalue weighted by molar-refractivity contribution is 0.0690. The van der Waals surface area contributed by atoms with Gasteiger partial charge in [-0.25, -0.2) is 19.2 Å². The topological polar surface area (TPSA) is 176 Å². The standard InChI is InChI=1S/C32H31FN10O3S2/c1-20-18-27(40-41-29(20)39-31-37-23-9-3-4-10-25(23)47-31)43(16-7-15-36-42-34)32-38-28(30(44)45)26(48-32)11-6-17-46-24-13-12-21(19-22(24)33)8-5-14-35-2/h3-4,9-10,12-13,18-19,34-35H,6-7,11,14-17H2,1-2H3,(H-,37,39,41,44,45)/p+1. The molecule has 2 aromatic carbocycles. The normalized spacial score (nSPS) is 10.6. The van der Waals surface area contributed by atoms with Gasteiger partial charge in [0.2, 0.25) is 4.91 Å². The fourth-order valence-electron chi connectivity index (χ4n) is 4.55. The van der Waals surface area contributed by atoms with Crippen LogP contribution in [-0.2, 0) is 6.42 Å². The molecule has 0 amide bonds. The van der Waals surface area contributed by atoms with Crippen LogP contribution in [0.25, 0.3) is 10.2 Å². The van der Waals surface area contributed by atoms with Gasteiger partial charge in [-0.1, -0.05) is 35.3 Å². The summed E-state index contributed by atoms with van der Waals surface area (Å²) in [6, 6.07) is 14.2. The number of para-hydroxylation sites is 1. The third kappa shape index (κ3) is 8.72. The Balaban J connectivity index is 1.30. The fourth-order valence-corrected chi connectivity index (χ4v) is 6.54. The Labute approximate surface area is 283 Å². The van der Waals surface area contributed by atoms with Crippen molar-refractivity contribution < 1.29 is 19.0 Å². The number of rotatable bonds is 15. The van der Waals surface area contributed by atoms with E-state index in [0.29, 0.717) is 71.2 Å². The zero-order chi connectivity index (χ0) is 33.9. The lowest BCUT2D eigenvalue weighted by atomic mass is 10.2. The minimum Gasteiger partial charge on any atom is -0.491 e. The van der Waals surface area contributed by atoms with E-state index in [1.165, 1.54) is 34.8 Å². The van der Waals surface area contributed by atoms with Crippen LogP contribution in [0.2, 0.25) is 0 Å². The number of hydrogen-bond acceptors (Lipinski definition) is 13. The van der Waals surface area contributed by atoms with E-state index in [1.807, 2.05) is 37.3 Å². The predicted octanol–water partition coefficient (Wildman–Crippen LogP) is 6.09. The molecule has 4 N–H and O–H groups in total. The number of aromatic carboxylic acids is 1. The highest BCUT2D eigenvalue weighted by molar-refractivity contribution is 7.22. The molecule has 5 aromatic rings. The smallest absolute Gasteiger partial charge is 0.355 e. The minimum absolute atomic E-state index is 0.0691. The first-order valence-electron chi connectivity index (χ1n) is 14.9. The van der Waals surface area contributed by atoms with Crippen LogP contribution in [0.15, 0.2) is 53.6 Å². The van der Waals surface area contributed by atoms with Crippen molar-refractivity contribution in [2.45, 2.75) is 26.2 Å². The van der Waals surface area contributed by atoms with Crippen molar-refractivity contribution in [3.05, 3.63) is 76.0 Å². The summed E-state index contributed by atoms with van der Waals surface area (Å²) in [6.07, 6.45) is 1.29.